The minimum Gasteiger partial charge on any atom is -0.496 e. The second-order valence-electron chi connectivity index (χ2n) is 7.63. The van der Waals surface area contributed by atoms with Gasteiger partial charge < -0.3 is 19.0 Å². The maximum atomic E-state index is 13.0. The molecule has 0 unspecified atom stereocenters. The van der Waals surface area contributed by atoms with Crippen molar-refractivity contribution < 1.29 is 18.9 Å². The number of para-hydroxylation sites is 1. The predicted octanol–water partition coefficient (Wildman–Crippen LogP) is 4.12. The average Bonchev–Trinajstić information content (AvgIpc) is 3.35. The molecule has 9 heteroatoms. The lowest BCUT2D eigenvalue weighted by molar-refractivity contribution is -0.384. The smallest absolute Gasteiger partial charge is 0.270 e. The first-order valence-electron chi connectivity index (χ1n) is 10.6. The molecule has 1 aliphatic rings. The molecule has 1 fully saturated rings. The van der Waals surface area contributed by atoms with Crippen molar-refractivity contribution in [3.8, 4) is 23.1 Å². The van der Waals surface area contributed by atoms with Gasteiger partial charge in [-0.25, -0.2) is 0 Å². The van der Waals surface area contributed by atoms with Gasteiger partial charge in [-0.2, -0.15) is 5.26 Å². The first kappa shape index (κ1) is 22.6. The predicted molar refractivity (Wildman–Crippen MR) is 126 cm³/mol. The van der Waals surface area contributed by atoms with Gasteiger partial charge >= 0.3 is 0 Å². The summed E-state index contributed by atoms with van der Waals surface area (Å²) in [7, 11) is 1.46. The van der Waals surface area contributed by atoms with E-state index >= 15 is 0 Å². The number of nitro groups is 1. The number of nitriles is 1. The third kappa shape index (κ3) is 4.76. The minimum absolute atomic E-state index is 0.0416. The first-order chi connectivity index (χ1) is 16.5. The second kappa shape index (κ2) is 9.92. The van der Waals surface area contributed by atoms with Crippen molar-refractivity contribution in [2.24, 2.45) is 0 Å². The highest BCUT2D eigenvalue weighted by Crippen LogP contribution is 2.34. The van der Waals surface area contributed by atoms with Gasteiger partial charge in [0.05, 0.1) is 17.6 Å². The van der Waals surface area contributed by atoms with Crippen LogP contribution in [0.2, 0.25) is 0 Å². The number of rotatable bonds is 6. The summed E-state index contributed by atoms with van der Waals surface area (Å²) < 4.78 is 11.1. The molecule has 0 bridgehead atoms. The van der Waals surface area contributed by atoms with Crippen LogP contribution >= 0.6 is 0 Å². The third-order valence-corrected chi connectivity index (χ3v) is 5.61. The number of carbonyl (C=O) groups is 1. The number of benzene rings is 2. The van der Waals surface area contributed by atoms with E-state index in [-0.39, 0.29) is 22.9 Å². The molecule has 0 aliphatic carbocycles. The maximum absolute atomic E-state index is 13.0. The highest BCUT2D eigenvalue weighted by atomic mass is 16.6. The SMILES string of the molecule is COc1ccc([N+](=O)[O-])cc1-c1ccc(/C=C(\C#N)C(=O)N2CCN(c3ccccc3)CC2)o1. The Kier molecular flexibility index (Phi) is 6.59. The fourth-order valence-electron chi connectivity index (χ4n) is 3.84. The van der Waals surface area contributed by atoms with Gasteiger partial charge in [-0.15, -0.1) is 0 Å². The number of methoxy groups -OCH3 is 1. The molecule has 0 N–H and O–H groups in total. The normalized spacial score (nSPS) is 13.9. The Bertz CT molecular complexity index is 1270. The van der Waals surface area contributed by atoms with Crippen LogP contribution in [0.1, 0.15) is 5.76 Å². The lowest BCUT2D eigenvalue weighted by Gasteiger charge is -2.36. The molecule has 1 saturated heterocycles. The molecule has 0 spiro atoms. The van der Waals surface area contributed by atoms with Crippen LogP contribution in [-0.4, -0.2) is 49.0 Å². The van der Waals surface area contributed by atoms with Crippen molar-refractivity contribution >= 4 is 23.4 Å². The topological polar surface area (TPSA) is 113 Å². The number of hydrogen-bond acceptors (Lipinski definition) is 7. The van der Waals surface area contributed by atoms with Crippen LogP contribution in [0.5, 0.6) is 5.75 Å². The summed E-state index contributed by atoms with van der Waals surface area (Å²) in [5.41, 5.74) is 1.36. The van der Waals surface area contributed by atoms with Gasteiger partial charge in [0.2, 0.25) is 0 Å². The highest BCUT2D eigenvalue weighted by molar-refractivity contribution is 6.01. The quantitative estimate of drug-likeness (QED) is 0.236. The average molecular weight is 458 g/mol. The van der Waals surface area contributed by atoms with Crippen LogP contribution in [0.3, 0.4) is 0 Å². The molecule has 9 nitrogen and oxygen atoms in total. The van der Waals surface area contributed by atoms with Crippen LogP contribution in [0.25, 0.3) is 17.4 Å². The maximum Gasteiger partial charge on any atom is 0.270 e. The molecule has 4 rings (SSSR count). The molecule has 0 atom stereocenters. The number of non-ortho nitro benzene ring substituents is 1. The van der Waals surface area contributed by atoms with Crippen molar-refractivity contribution in [3.63, 3.8) is 0 Å². The number of anilines is 1. The Morgan fingerprint density at radius 1 is 1.12 bits per heavy atom. The summed E-state index contributed by atoms with van der Waals surface area (Å²) in [4.78, 5) is 27.4. The van der Waals surface area contributed by atoms with E-state index in [4.69, 9.17) is 9.15 Å². The zero-order valence-electron chi connectivity index (χ0n) is 18.5. The summed E-state index contributed by atoms with van der Waals surface area (Å²) in [6.07, 6.45) is 1.39. The summed E-state index contributed by atoms with van der Waals surface area (Å²) in [6.45, 7) is 2.35. The fourth-order valence-corrected chi connectivity index (χ4v) is 3.84. The van der Waals surface area contributed by atoms with E-state index in [9.17, 15) is 20.2 Å². The number of nitro benzene ring substituents is 1. The van der Waals surface area contributed by atoms with E-state index in [2.05, 4.69) is 4.90 Å². The molecule has 172 valence electrons. The number of nitrogens with zero attached hydrogens (tertiary/aromatic N) is 4. The van der Waals surface area contributed by atoms with Gasteiger partial charge in [-0.1, -0.05) is 18.2 Å². The molecule has 1 aromatic heterocycles. The zero-order valence-corrected chi connectivity index (χ0v) is 18.5. The Hall–Kier alpha value is -4.58. The number of carbonyl (C=O) groups excluding carboxylic acids is 1. The molecule has 0 saturated carbocycles. The second-order valence-corrected chi connectivity index (χ2v) is 7.63. The number of amides is 1. The standard InChI is InChI=1S/C25H22N4O5/c1-33-23-9-7-20(29(31)32)16-22(23)24-10-8-21(34-24)15-18(17-26)25(30)28-13-11-27(12-14-28)19-5-3-2-4-6-19/h2-10,15-16H,11-14H2,1H3/b18-15+. The number of furan rings is 1. The number of ether oxygens (including phenoxy) is 1. The lowest BCUT2D eigenvalue weighted by atomic mass is 10.1. The van der Waals surface area contributed by atoms with E-state index in [0.29, 0.717) is 43.3 Å². The molecule has 0 radical (unpaired) electrons. The van der Waals surface area contributed by atoms with Crippen LogP contribution in [0, 0.1) is 21.4 Å². The Morgan fingerprint density at radius 3 is 2.50 bits per heavy atom. The minimum atomic E-state index is -0.503. The van der Waals surface area contributed by atoms with Crippen LogP contribution in [0.15, 0.2) is 70.7 Å². The molecule has 34 heavy (non-hydrogen) atoms. The Morgan fingerprint density at radius 2 is 1.85 bits per heavy atom. The molecular formula is C25H22N4O5. The molecular weight excluding hydrogens is 436 g/mol. The first-order valence-corrected chi connectivity index (χ1v) is 10.6. The molecule has 1 amide bonds. The van der Waals surface area contributed by atoms with Crippen molar-refractivity contribution in [2.45, 2.75) is 0 Å². The van der Waals surface area contributed by atoms with Gasteiger partial charge in [-0.3, -0.25) is 14.9 Å². The third-order valence-electron chi connectivity index (χ3n) is 5.61. The summed E-state index contributed by atoms with van der Waals surface area (Å²) >= 11 is 0. The van der Waals surface area contributed by atoms with Gasteiger partial charge in [0.15, 0.2) is 0 Å². The van der Waals surface area contributed by atoms with Crippen LogP contribution < -0.4 is 9.64 Å². The van der Waals surface area contributed by atoms with Crippen molar-refractivity contribution in [1.82, 2.24) is 4.90 Å². The van der Waals surface area contributed by atoms with E-state index in [1.165, 1.54) is 31.4 Å². The summed E-state index contributed by atoms with van der Waals surface area (Å²) in [5.74, 6) is 0.661. The number of piperazine rings is 1. The summed E-state index contributed by atoms with van der Waals surface area (Å²) in [6, 6.07) is 19.4. The van der Waals surface area contributed by atoms with Gasteiger partial charge in [0.25, 0.3) is 11.6 Å². The zero-order chi connectivity index (χ0) is 24.1. The molecule has 2 aromatic carbocycles. The van der Waals surface area contributed by atoms with Gasteiger partial charge in [0.1, 0.15) is 28.9 Å². The van der Waals surface area contributed by atoms with E-state index in [0.717, 1.165) is 5.69 Å². The highest BCUT2D eigenvalue weighted by Gasteiger charge is 2.24. The number of hydrogen-bond donors (Lipinski definition) is 0. The van der Waals surface area contributed by atoms with E-state index in [1.807, 2.05) is 36.4 Å². The summed E-state index contributed by atoms with van der Waals surface area (Å²) in [5, 5.41) is 20.8. The van der Waals surface area contributed by atoms with E-state index < -0.39 is 4.92 Å². The van der Waals surface area contributed by atoms with Gasteiger partial charge in [0, 0.05) is 50.1 Å². The van der Waals surface area contributed by atoms with Crippen molar-refractivity contribution in [1.29, 1.82) is 5.26 Å². The van der Waals surface area contributed by atoms with Gasteiger partial charge in [-0.05, 0) is 30.3 Å². The molecule has 3 aromatic rings. The van der Waals surface area contributed by atoms with Crippen molar-refractivity contribution in [3.05, 3.63) is 82.1 Å². The van der Waals surface area contributed by atoms with E-state index in [1.54, 1.807) is 17.0 Å². The molecule has 2 heterocycles. The monoisotopic (exact) mass is 458 g/mol. The van der Waals surface area contributed by atoms with Crippen LogP contribution in [0.4, 0.5) is 11.4 Å². The Balaban J connectivity index is 1.50. The van der Waals surface area contributed by atoms with Crippen molar-refractivity contribution in [2.75, 3.05) is 38.2 Å². The fraction of sp³-hybridized carbons (Fsp3) is 0.200. The largest absolute Gasteiger partial charge is 0.496 e. The van der Waals surface area contributed by atoms with Crippen LogP contribution in [-0.2, 0) is 4.79 Å². The Labute approximate surface area is 196 Å². The lowest BCUT2D eigenvalue weighted by Crippen LogP contribution is -2.49. The molecule has 1 aliphatic heterocycles.